The Kier molecular flexibility index (Phi) is 8.92. The molecule has 1 aromatic carbocycles. The molecule has 0 spiro atoms. The van der Waals surface area contributed by atoms with Crippen LogP contribution >= 0.6 is 11.6 Å². The average Bonchev–Trinajstić information content (AvgIpc) is 3.23. The molecule has 0 unspecified atom stereocenters. The Morgan fingerprint density at radius 3 is 2.69 bits per heavy atom. The number of esters is 1. The summed E-state index contributed by atoms with van der Waals surface area (Å²) >= 11 is 6.11. The van der Waals surface area contributed by atoms with Gasteiger partial charge in [0.2, 0.25) is 5.95 Å². The largest absolute Gasteiger partial charge is 0.460 e. The van der Waals surface area contributed by atoms with Crippen molar-refractivity contribution in [3.63, 3.8) is 0 Å². The Bertz CT molecular complexity index is 1270. The van der Waals surface area contributed by atoms with E-state index in [1.165, 1.54) is 13.2 Å². The number of carbonyl (C=O) groups excluding carboxylic acids is 3. The topological polar surface area (TPSA) is 128 Å². The molecular weight excluding hydrogens is 495 g/mol. The molecule has 0 saturated heterocycles. The van der Waals surface area contributed by atoms with E-state index in [2.05, 4.69) is 20.7 Å². The number of rotatable bonds is 9. The summed E-state index contributed by atoms with van der Waals surface area (Å²) in [6.07, 6.45) is 0.583. The maximum Gasteiger partial charge on any atom is 0.417 e. The van der Waals surface area contributed by atoms with Gasteiger partial charge in [0.15, 0.2) is 12.4 Å². The fourth-order valence-corrected chi connectivity index (χ4v) is 3.28. The van der Waals surface area contributed by atoms with Gasteiger partial charge in [0.05, 0.1) is 17.3 Å². The van der Waals surface area contributed by atoms with Gasteiger partial charge in [-0.15, -0.1) is 0 Å². The summed E-state index contributed by atoms with van der Waals surface area (Å²) in [6.45, 7) is 1.16. The molecule has 0 aliphatic carbocycles. The average molecular weight is 519 g/mol. The second kappa shape index (κ2) is 12.1. The van der Waals surface area contributed by atoms with Crippen LogP contribution in [0.15, 0.2) is 42.6 Å². The quantitative estimate of drug-likeness (QED) is 0.414. The lowest BCUT2D eigenvalue weighted by Gasteiger charge is -2.19. The summed E-state index contributed by atoms with van der Waals surface area (Å²) in [5.41, 5.74) is 1.48. The van der Waals surface area contributed by atoms with E-state index >= 15 is 0 Å². The summed E-state index contributed by atoms with van der Waals surface area (Å²) in [7, 11) is 3.01. The molecule has 0 aliphatic rings. The number of hydrogen-bond donors (Lipinski definition) is 2. The van der Waals surface area contributed by atoms with Crippen LogP contribution in [-0.4, -0.2) is 53.4 Å². The number of halogens is 2. The molecule has 3 aromatic rings. The third-order valence-electron chi connectivity index (χ3n) is 4.82. The van der Waals surface area contributed by atoms with Crippen molar-refractivity contribution in [3.05, 3.63) is 70.4 Å². The highest BCUT2D eigenvalue weighted by atomic mass is 35.5. The smallest absolute Gasteiger partial charge is 0.417 e. The molecule has 2 N–H and O–H groups in total. The number of ether oxygens (including phenoxy) is 2. The summed E-state index contributed by atoms with van der Waals surface area (Å²) in [4.78, 5) is 41.8. The molecule has 0 atom stereocenters. The van der Waals surface area contributed by atoms with Crippen LogP contribution in [0.3, 0.4) is 0 Å². The monoisotopic (exact) mass is 518 g/mol. The molecule has 0 saturated carbocycles. The van der Waals surface area contributed by atoms with E-state index in [4.69, 9.17) is 21.1 Å². The summed E-state index contributed by atoms with van der Waals surface area (Å²) in [5.74, 6) is -1.86. The van der Waals surface area contributed by atoms with Crippen LogP contribution in [0.1, 0.15) is 21.6 Å². The lowest BCUT2D eigenvalue weighted by molar-refractivity contribution is -0.143. The number of hydrogen-bond acceptors (Lipinski definition) is 8. The van der Waals surface area contributed by atoms with E-state index in [9.17, 15) is 18.8 Å². The van der Waals surface area contributed by atoms with Crippen LogP contribution in [0.4, 0.5) is 20.7 Å². The number of pyridine rings is 1. The predicted octanol–water partition coefficient (Wildman–Crippen LogP) is 3.12. The number of benzene rings is 1. The molecule has 0 aliphatic heterocycles. The number of nitrogens with one attached hydrogen (secondary N) is 2. The van der Waals surface area contributed by atoms with Crippen molar-refractivity contribution in [3.8, 4) is 0 Å². The minimum Gasteiger partial charge on any atom is -0.460 e. The van der Waals surface area contributed by atoms with Crippen molar-refractivity contribution >= 4 is 41.1 Å². The number of nitrogens with zero attached hydrogens (tertiary/aromatic N) is 4. The maximum absolute atomic E-state index is 14.3. The Hall–Kier alpha value is -4.03. The molecule has 0 bridgehead atoms. The van der Waals surface area contributed by atoms with Crippen LogP contribution in [0, 0.1) is 12.9 Å². The van der Waals surface area contributed by atoms with Gasteiger partial charge < -0.3 is 20.1 Å². The van der Waals surface area contributed by atoms with E-state index in [0.29, 0.717) is 16.3 Å². The van der Waals surface area contributed by atoms with Crippen LogP contribution in [0.25, 0.3) is 0 Å². The lowest BCUT2D eigenvalue weighted by Crippen LogP contribution is -2.30. The van der Waals surface area contributed by atoms with Gasteiger partial charge in [-0.05, 0) is 37.7 Å². The summed E-state index contributed by atoms with van der Waals surface area (Å²) < 4.78 is 25.3. The highest BCUT2D eigenvalue weighted by molar-refractivity contribution is 6.34. The number of likely N-dealkylation sites (N-methyl/N-ethyl adjacent to an activating group) is 1. The van der Waals surface area contributed by atoms with Gasteiger partial charge in [0.25, 0.3) is 5.91 Å². The van der Waals surface area contributed by atoms with Gasteiger partial charge in [-0.2, -0.15) is 9.49 Å². The summed E-state index contributed by atoms with van der Waals surface area (Å²) in [6, 6.07) is 9.22. The molecule has 2 heterocycles. The van der Waals surface area contributed by atoms with Crippen LogP contribution in [0.2, 0.25) is 5.02 Å². The number of carbonyl (C=O) groups is 3. The number of anilines is 2. The molecule has 36 heavy (non-hydrogen) atoms. The second-order valence-electron chi connectivity index (χ2n) is 7.56. The van der Waals surface area contributed by atoms with E-state index < -0.39 is 30.6 Å². The first-order valence-electron chi connectivity index (χ1n) is 10.6. The van der Waals surface area contributed by atoms with Crippen molar-refractivity contribution < 1.29 is 28.2 Å². The fraction of sp³-hybridized carbons (Fsp3) is 0.261. The van der Waals surface area contributed by atoms with Crippen molar-refractivity contribution in [1.82, 2.24) is 20.1 Å². The fourth-order valence-electron chi connectivity index (χ4n) is 3.00. The Morgan fingerprint density at radius 2 is 1.97 bits per heavy atom. The zero-order valence-corrected chi connectivity index (χ0v) is 20.5. The maximum atomic E-state index is 14.3. The minimum atomic E-state index is -0.888. The van der Waals surface area contributed by atoms with Gasteiger partial charge in [-0.25, -0.2) is 14.5 Å². The first-order valence-corrected chi connectivity index (χ1v) is 11.0. The third-order valence-corrected chi connectivity index (χ3v) is 5.13. The Morgan fingerprint density at radius 1 is 1.19 bits per heavy atom. The van der Waals surface area contributed by atoms with E-state index in [-0.39, 0.29) is 24.7 Å². The number of aromatic nitrogens is 3. The summed E-state index contributed by atoms with van der Waals surface area (Å²) in [5, 5.41) is 9.41. The van der Waals surface area contributed by atoms with E-state index in [1.807, 2.05) is 6.92 Å². The highest BCUT2D eigenvalue weighted by Gasteiger charge is 2.20. The third kappa shape index (κ3) is 6.77. The normalized spacial score (nSPS) is 10.6. The molecule has 3 rings (SSSR count). The predicted molar refractivity (Wildman–Crippen MR) is 129 cm³/mol. The molecule has 190 valence electrons. The van der Waals surface area contributed by atoms with Crippen molar-refractivity contribution in [2.75, 3.05) is 30.9 Å². The Balaban J connectivity index is 1.62. The zero-order valence-electron chi connectivity index (χ0n) is 19.7. The first-order chi connectivity index (χ1) is 17.2. The van der Waals surface area contributed by atoms with Gasteiger partial charge in [-0.3, -0.25) is 14.5 Å². The van der Waals surface area contributed by atoms with Crippen molar-refractivity contribution in [2.24, 2.45) is 0 Å². The van der Waals surface area contributed by atoms with Crippen LogP contribution in [-0.2, 0) is 27.6 Å². The van der Waals surface area contributed by atoms with Gasteiger partial charge >= 0.3 is 12.1 Å². The van der Waals surface area contributed by atoms with Crippen LogP contribution < -0.4 is 15.5 Å². The molecule has 0 radical (unpaired) electrons. The van der Waals surface area contributed by atoms with Crippen molar-refractivity contribution in [1.29, 1.82) is 0 Å². The standard InChI is InChI=1S/C23H24ClFN6O5/c1-14-6-7-17(16(24)9-14)28-22(33)18-10-19(25)31(29-18)13-36-23(34)30(3)21-15(5-4-8-27-21)12-35-20(32)11-26-2/h4-10,26H,11-13H2,1-3H3,(H,28,33). The van der Waals surface area contributed by atoms with Gasteiger partial charge in [-0.1, -0.05) is 23.7 Å². The molecule has 11 nitrogen and oxygen atoms in total. The van der Waals surface area contributed by atoms with Crippen LogP contribution in [0.5, 0.6) is 0 Å². The SMILES string of the molecule is CNCC(=O)OCc1cccnc1N(C)C(=O)OCn1nc(C(=O)Nc2ccc(C)cc2Cl)cc1F. The molecule has 2 aromatic heterocycles. The number of amides is 2. The minimum absolute atomic E-state index is 0.0288. The zero-order chi connectivity index (χ0) is 26.2. The Labute approximate surface area is 211 Å². The second-order valence-corrected chi connectivity index (χ2v) is 7.97. The molecule has 0 fully saturated rings. The van der Waals surface area contributed by atoms with Crippen molar-refractivity contribution in [2.45, 2.75) is 20.3 Å². The first kappa shape index (κ1) is 26.6. The highest BCUT2D eigenvalue weighted by Crippen LogP contribution is 2.23. The lowest BCUT2D eigenvalue weighted by atomic mass is 10.2. The van der Waals surface area contributed by atoms with E-state index in [1.54, 1.807) is 37.4 Å². The van der Waals surface area contributed by atoms with Gasteiger partial charge in [0, 0.05) is 24.9 Å². The molecular formula is C23H24ClFN6O5. The van der Waals surface area contributed by atoms with Gasteiger partial charge in [0.1, 0.15) is 12.4 Å². The van der Waals surface area contributed by atoms with E-state index in [0.717, 1.165) is 21.2 Å². The molecule has 13 heteroatoms. The molecule has 2 amide bonds. The number of aryl methyl sites for hydroxylation is 1.